The van der Waals surface area contributed by atoms with Gasteiger partial charge in [-0.25, -0.2) is 4.98 Å². The fourth-order valence-electron chi connectivity index (χ4n) is 3.64. The number of hydrogen-bond acceptors (Lipinski definition) is 8. The Morgan fingerprint density at radius 3 is 2.56 bits per heavy atom. The highest BCUT2D eigenvalue weighted by atomic mass is 16.7. The molecule has 4 heterocycles. The van der Waals surface area contributed by atoms with Gasteiger partial charge in [-0.05, 0) is 26.0 Å². The third-order valence-electron chi connectivity index (χ3n) is 5.67. The highest BCUT2D eigenvalue weighted by molar-refractivity contribution is 5.88. The maximum atomic E-state index is 12.6. The van der Waals surface area contributed by atoms with Crippen LogP contribution in [0, 0.1) is 12.8 Å². The zero-order chi connectivity index (χ0) is 22.6. The zero-order valence-corrected chi connectivity index (χ0v) is 18.3. The molecular formula is C22H28N4O6. The summed E-state index contributed by atoms with van der Waals surface area (Å²) < 4.78 is 22.6. The van der Waals surface area contributed by atoms with E-state index in [1.54, 1.807) is 24.2 Å². The highest BCUT2D eigenvalue weighted by Crippen LogP contribution is 2.27. The average molecular weight is 444 g/mol. The lowest BCUT2D eigenvalue weighted by Gasteiger charge is -2.36. The third kappa shape index (κ3) is 5.14. The van der Waals surface area contributed by atoms with Crippen LogP contribution >= 0.6 is 0 Å². The second-order valence-electron chi connectivity index (χ2n) is 8.07. The van der Waals surface area contributed by atoms with Crippen LogP contribution in [0.1, 0.15) is 18.4 Å². The second-order valence-corrected chi connectivity index (χ2v) is 8.07. The van der Waals surface area contributed by atoms with E-state index in [9.17, 15) is 9.59 Å². The van der Waals surface area contributed by atoms with Crippen molar-refractivity contribution in [1.29, 1.82) is 0 Å². The van der Waals surface area contributed by atoms with Crippen molar-refractivity contribution < 1.29 is 28.2 Å². The molecule has 2 fully saturated rings. The molecule has 2 amide bonds. The van der Waals surface area contributed by atoms with Gasteiger partial charge in [-0.1, -0.05) is 0 Å². The number of ether oxygens (including phenoxy) is 3. The summed E-state index contributed by atoms with van der Waals surface area (Å²) in [5, 5.41) is 2.63. The first-order valence-electron chi connectivity index (χ1n) is 10.7. The Kier molecular flexibility index (Phi) is 6.83. The summed E-state index contributed by atoms with van der Waals surface area (Å²) in [5.41, 5.74) is 1.69. The summed E-state index contributed by atoms with van der Waals surface area (Å²) in [5.74, 6) is -0.722. The van der Waals surface area contributed by atoms with Gasteiger partial charge >= 0.3 is 0 Å². The van der Waals surface area contributed by atoms with Gasteiger partial charge in [0.05, 0.1) is 38.7 Å². The van der Waals surface area contributed by atoms with Crippen LogP contribution in [0.3, 0.4) is 0 Å². The van der Waals surface area contributed by atoms with Gasteiger partial charge in [0.25, 0.3) is 5.91 Å². The standard InChI is InChI=1S/C22H28N4O6/c1-15-18(25-20(32-15)17-3-5-23-6-4-17)11-16-13-30-22(2,31-14-16)21(28)24-12-19(27)26-7-9-29-10-8-26/h3-6,16H,7-14H2,1-2H3,(H,24,28). The van der Waals surface area contributed by atoms with Crippen molar-refractivity contribution >= 4 is 11.8 Å². The van der Waals surface area contributed by atoms with Crippen molar-refractivity contribution in [3.05, 3.63) is 36.0 Å². The van der Waals surface area contributed by atoms with Gasteiger partial charge in [-0.15, -0.1) is 0 Å². The molecule has 172 valence electrons. The minimum absolute atomic E-state index is 0.0277. The number of carbonyl (C=O) groups is 2. The number of oxazole rings is 1. The molecule has 0 bridgehead atoms. The molecule has 0 saturated carbocycles. The van der Waals surface area contributed by atoms with E-state index in [0.717, 1.165) is 17.0 Å². The molecule has 0 aromatic carbocycles. The monoisotopic (exact) mass is 444 g/mol. The SMILES string of the molecule is Cc1oc(-c2ccncc2)nc1CC1COC(C)(C(=O)NCC(=O)N2CCOCC2)OC1. The number of morpholine rings is 1. The Balaban J connectivity index is 1.27. The number of rotatable bonds is 6. The van der Waals surface area contributed by atoms with Gasteiger partial charge in [-0.3, -0.25) is 14.6 Å². The minimum Gasteiger partial charge on any atom is -0.441 e. The first-order valence-corrected chi connectivity index (χ1v) is 10.7. The van der Waals surface area contributed by atoms with E-state index in [1.165, 1.54) is 0 Å². The molecule has 2 aromatic heterocycles. The van der Waals surface area contributed by atoms with Crippen LogP contribution in [0.15, 0.2) is 28.9 Å². The Morgan fingerprint density at radius 2 is 1.88 bits per heavy atom. The smallest absolute Gasteiger partial charge is 0.280 e. The van der Waals surface area contributed by atoms with E-state index in [1.807, 2.05) is 19.1 Å². The Bertz CT molecular complexity index is 933. The number of aryl methyl sites for hydroxylation is 1. The molecule has 10 heteroatoms. The number of nitrogens with one attached hydrogen (secondary N) is 1. The summed E-state index contributed by atoms with van der Waals surface area (Å²) in [4.78, 5) is 35.1. The lowest BCUT2D eigenvalue weighted by molar-refractivity contribution is -0.259. The van der Waals surface area contributed by atoms with Crippen LogP contribution in [0.5, 0.6) is 0 Å². The van der Waals surface area contributed by atoms with Gasteiger partial charge in [-0.2, -0.15) is 0 Å². The van der Waals surface area contributed by atoms with Crippen LogP contribution in [0.4, 0.5) is 0 Å². The van der Waals surface area contributed by atoms with Crippen molar-refractivity contribution in [1.82, 2.24) is 20.2 Å². The van der Waals surface area contributed by atoms with Crippen molar-refractivity contribution in [3.8, 4) is 11.5 Å². The normalized spacial score (nSPS) is 23.7. The fourth-order valence-corrected chi connectivity index (χ4v) is 3.64. The number of hydrogen-bond donors (Lipinski definition) is 1. The van der Waals surface area contributed by atoms with E-state index >= 15 is 0 Å². The van der Waals surface area contributed by atoms with Gasteiger partial charge in [0.2, 0.25) is 17.6 Å². The molecule has 1 N–H and O–H groups in total. The predicted molar refractivity (Wildman–Crippen MR) is 112 cm³/mol. The minimum atomic E-state index is -1.43. The summed E-state index contributed by atoms with van der Waals surface area (Å²) in [6.45, 7) is 6.11. The van der Waals surface area contributed by atoms with Crippen LogP contribution < -0.4 is 5.32 Å². The van der Waals surface area contributed by atoms with Crippen molar-refractivity contribution in [2.45, 2.75) is 26.1 Å². The van der Waals surface area contributed by atoms with Gasteiger partial charge in [0, 0.05) is 43.4 Å². The first-order chi connectivity index (χ1) is 15.4. The average Bonchev–Trinajstić information content (AvgIpc) is 3.20. The number of pyridine rings is 1. The number of carbonyl (C=O) groups excluding carboxylic acids is 2. The van der Waals surface area contributed by atoms with Gasteiger partial charge in [0.1, 0.15) is 5.76 Å². The Hall–Kier alpha value is -2.82. The molecule has 4 rings (SSSR count). The molecule has 0 radical (unpaired) electrons. The van der Waals surface area contributed by atoms with Gasteiger partial charge in [0.15, 0.2) is 0 Å². The number of amides is 2. The lowest BCUT2D eigenvalue weighted by Crippen LogP contribution is -2.55. The topological polar surface area (TPSA) is 116 Å². The largest absolute Gasteiger partial charge is 0.441 e. The molecule has 2 aliphatic rings. The molecule has 32 heavy (non-hydrogen) atoms. The fraction of sp³-hybridized carbons (Fsp3) is 0.545. The second kappa shape index (κ2) is 9.76. The number of aromatic nitrogens is 2. The van der Waals surface area contributed by atoms with E-state index in [-0.39, 0.29) is 18.4 Å². The quantitative estimate of drug-likeness (QED) is 0.700. The highest BCUT2D eigenvalue weighted by Gasteiger charge is 2.41. The van der Waals surface area contributed by atoms with Crippen molar-refractivity contribution in [2.24, 2.45) is 5.92 Å². The van der Waals surface area contributed by atoms with Crippen LogP contribution in [0.25, 0.3) is 11.5 Å². The van der Waals surface area contributed by atoms with Gasteiger partial charge < -0.3 is 28.8 Å². The van der Waals surface area contributed by atoms with Crippen LogP contribution in [-0.4, -0.2) is 78.5 Å². The molecular weight excluding hydrogens is 416 g/mol. The molecule has 2 aromatic rings. The maximum absolute atomic E-state index is 12.6. The van der Waals surface area contributed by atoms with Crippen molar-refractivity contribution in [3.63, 3.8) is 0 Å². The Morgan fingerprint density at radius 1 is 1.19 bits per heavy atom. The zero-order valence-electron chi connectivity index (χ0n) is 18.3. The van der Waals surface area contributed by atoms with E-state index in [2.05, 4.69) is 15.3 Å². The summed E-state index contributed by atoms with van der Waals surface area (Å²) in [7, 11) is 0. The molecule has 0 unspecified atom stereocenters. The molecule has 0 spiro atoms. The van der Waals surface area contributed by atoms with E-state index in [4.69, 9.17) is 18.6 Å². The first kappa shape index (κ1) is 22.4. The summed E-state index contributed by atoms with van der Waals surface area (Å²) in [6.07, 6.45) is 3.99. The molecule has 0 aliphatic carbocycles. The van der Waals surface area contributed by atoms with Crippen LogP contribution in [-0.2, 0) is 30.2 Å². The van der Waals surface area contributed by atoms with Crippen LogP contribution in [0.2, 0.25) is 0 Å². The lowest BCUT2D eigenvalue weighted by atomic mass is 10.0. The van der Waals surface area contributed by atoms with E-state index < -0.39 is 11.7 Å². The third-order valence-corrected chi connectivity index (χ3v) is 5.67. The maximum Gasteiger partial charge on any atom is 0.280 e. The Labute approximate surface area is 186 Å². The predicted octanol–water partition coefficient (Wildman–Crippen LogP) is 0.942. The molecule has 0 atom stereocenters. The molecule has 2 aliphatic heterocycles. The molecule has 10 nitrogen and oxygen atoms in total. The summed E-state index contributed by atoms with van der Waals surface area (Å²) in [6, 6.07) is 3.69. The van der Waals surface area contributed by atoms with Crippen molar-refractivity contribution in [2.75, 3.05) is 46.1 Å². The van der Waals surface area contributed by atoms with E-state index in [0.29, 0.717) is 51.8 Å². The number of nitrogens with zero attached hydrogens (tertiary/aromatic N) is 3. The molecule has 2 saturated heterocycles. The summed E-state index contributed by atoms with van der Waals surface area (Å²) >= 11 is 0.